The maximum Gasteiger partial charge on any atom is 0.417 e. The van der Waals surface area contributed by atoms with Gasteiger partial charge in [-0.2, -0.15) is 18.3 Å². The van der Waals surface area contributed by atoms with E-state index in [-0.39, 0.29) is 33.3 Å². The average Bonchev–Trinajstić information content (AvgIpc) is 3.19. The van der Waals surface area contributed by atoms with Gasteiger partial charge >= 0.3 is 6.18 Å². The Bertz CT molecular complexity index is 1180. The summed E-state index contributed by atoms with van der Waals surface area (Å²) in [7, 11) is -2.01. The molecule has 1 aliphatic heterocycles. The zero-order valence-corrected chi connectivity index (χ0v) is 16.1. The number of rotatable bonds is 3. The summed E-state index contributed by atoms with van der Waals surface area (Å²) in [6.45, 7) is 2.15. The highest BCUT2D eigenvalue weighted by Gasteiger charge is 2.34. The molecule has 0 aliphatic carbocycles. The summed E-state index contributed by atoms with van der Waals surface area (Å²) in [4.78, 5) is 8.28. The van der Waals surface area contributed by atoms with Gasteiger partial charge in [-0.05, 0) is 25.3 Å². The molecule has 0 saturated carbocycles. The van der Waals surface area contributed by atoms with Crippen LogP contribution in [-0.2, 0) is 36.0 Å². The van der Waals surface area contributed by atoms with Crippen LogP contribution in [0.4, 0.5) is 13.2 Å². The Kier molecular flexibility index (Phi) is 4.25. The molecular weight excluding hydrogens is 395 g/mol. The van der Waals surface area contributed by atoms with Crippen molar-refractivity contribution in [3.63, 3.8) is 0 Å². The summed E-state index contributed by atoms with van der Waals surface area (Å²) >= 11 is 0. The minimum Gasteiger partial charge on any atom is -0.310 e. The second-order valence-corrected chi connectivity index (χ2v) is 8.98. The first kappa shape index (κ1) is 18.9. The Balaban J connectivity index is 1.98. The quantitative estimate of drug-likeness (QED) is 0.659. The molecule has 3 aromatic heterocycles. The Labute approximate surface area is 159 Å². The van der Waals surface area contributed by atoms with E-state index in [1.54, 1.807) is 18.7 Å². The molecule has 0 saturated heterocycles. The molecule has 0 fully saturated rings. The first-order valence-corrected chi connectivity index (χ1v) is 10.5. The van der Waals surface area contributed by atoms with Gasteiger partial charge in [-0.15, -0.1) is 0 Å². The standard InChI is InChI=1S/C17H18F3N5O2S/c1-3-28(26,27)14-12-6-4-5-7-25(12)23-13(14)16-22-11-8-10(17(18,19)20)9-21-15(11)24(16)2/h8-9H,3-7H2,1-2H3. The smallest absolute Gasteiger partial charge is 0.310 e. The third-order valence-electron chi connectivity index (χ3n) is 4.98. The number of halogens is 3. The fourth-order valence-corrected chi connectivity index (χ4v) is 4.80. The summed E-state index contributed by atoms with van der Waals surface area (Å²) in [5, 5.41) is 4.47. The second-order valence-electron chi connectivity index (χ2n) is 6.77. The Morgan fingerprint density at radius 3 is 2.68 bits per heavy atom. The highest BCUT2D eigenvalue weighted by Crippen LogP contribution is 2.35. The Hall–Kier alpha value is -2.43. The van der Waals surface area contributed by atoms with Crippen LogP contribution in [0.3, 0.4) is 0 Å². The van der Waals surface area contributed by atoms with Crippen molar-refractivity contribution in [1.82, 2.24) is 24.3 Å². The molecule has 7 nitrogen and oxygen atoms in total. The number of sulfone groups is 1. The number of aryl methyl sites for hydroxylation is 2. The van der Waals surface area contributed by atoms with Crippen molar-refractivity contribution in [3.8, 4) is 11.5 Å². The van der Waals surface area contributed by atoms with E-state index in [2.05, 4.69) is 15.1 Å². The van der Waals surface area contributed by atoms with E-state index < -0.39 is 21.6 Å². The van der Waals surface area contributed by atoms with Crippen molar-refractivity contribution in [1.29, 1.82) is 0 Å². The zero-order valence-electron chi connectivity index (χ0n) is 15.3. The van der Waals surface area contributed by atoms with E-state index in [9.17, 15) is 21.6 Å². The van der Waals surface area contributed by atoms with E-state index in [4.69, 9.17) is 0 Å². The lowest BCUT2D eigenvalue weighted by Gasteiger charge is -2.14. The van der Waals surface area contributed by atoms with Crippen LogP contribution in [0, 0.1) is 0 Å². The molecule has 11 heteroatoms. The van der Waals surface area contributed by atoms with Gasteiger partial charge in [0.15, 0.2) is 21.3 Å². The predicted molar refractivity (Wildman–Crippen MR) is 95.4 cm³/mol. The number of pyridine rings is 1. The van der Waals surface area contributed by atoms with Crippen molar-refractivity contribution in [2.24, 2.45) is 7.05 Å². The molecule has 0 radical (unpaired) electrons. The van der Waals surface area contributed by atoms with Crippen LogP contribution < -0.4 is 0 Å². The van der Waals surface area contributed by atoms with Crippen LogP contribution >= 0.6 is 0 Å². The van der Waals surface area contributed by atoms with Gasteiger partial charge in [-0.25, -0.2) is 18.4 Å². The topological polar surface area (TPSA) is 82.7 Å². The highest BCUT2D eigenvalue weighted by atomic mass is 32.2. The van der Waals surface area contributed by atoms with Gasteiger partial charge in [0.1, 0.15) is 16.1 Å². The van der Waals surface area contributed by atoms with Crippen LogP contribution in [0.2, 0.25) is 0 Å². The molecule has 4 heterocycles. The van der Waals surface area contributed by atoms with Crippen molar-refractivity contribution in [2.75, 3.05) is 5.75 Å². The Morgan fingerprint density at radius 1 is 1.25 bits per heavy atom. The molecule has 0 spiro atoms. The number of hydrogen-bond donors (Lipinski definition) is 0. The van der Waals surface area contributed by atoms with Gasteiger partial charge in [0.25, 0.3) is 0 Å². The summed E-state index contributed by atoms with van der Waals surface area (Å²) < 4.78 is 67.7. The maximum absolute atomic E-state index is 13.0. The molecule has 0 N–H and O–H groups in total. The van der Waals surface area contributed by atoms with Gasteiger partial charge in [-0.3, -0.25) is 4.68 Å². The van der Waals surface area contributed by atoms with E-state index in [0.29, 0.717) is 18.7 Å². The normalized spacial score (nSPS) is 15.2. The van der Waals surface area contributed by atoms with Crippen LogP contribution in [0.1, 0.15) is 31.0 Å². The van der Waals surface area contributed by atoms with Gasteiger partial charge in [-0.1, -0.05) is 6.92 Å². The maximum atomic E-state index is 13.0. The van der Waals surface area contributed by atoms with Crippen LogP contribution in [0.5, 0.6) is 0 Å². The number of fused-ring (bicyclic) bond motifs is 2. The summed E-state index contributed by atoms with van der Waals surface area (Å²) in [5.41, 5.74) is 0.175. The molecular formula is C17H18F3N5O2S. The zero-order chi connectivity index (χ0) is 20.3. The molecule has 1 aliphatic rings. The van der Waals surface area contributed by atoms with E-state index in [1.165, 1.54) is 4.57 Å². The van der Waals surface area contributed by atoms with E-state index >= 15 is 0 Å². The number of hydrogen-bond acceptors (Lipinski definition) is 5. The molecule has 0 unspecified atom stereocenters. The summed E-state index contributed by atoms with van der Waals surface area (Å²) in [5.74, 6) is 0.0924. The lowest BCUT2D eigenvalue weighted by Crippen LogP contribution is -2.14. The predicted octanol–water partition coefficient (Wildman–Crippen LogP) is 2.98. The summed E-state index contributed by atoms with van der Waals surface area (Å²) in [6, 6.07) is 0.913. The number of alkyl halides is 3. The van der Waals surface area contributed by atoms with Crippen LogP contribution in [-0.4, -0.2) is 38.5 Å². The monoisotopic (exact) mass is 413 g/mol. The van der Waals surface area contributed by atoms with Crippen molar-refractivity contribution >= 4 is 21.0 Å². The fourth-order valence-electron chi connectivity index (χ4n) is 3.52. The molecule has 0 aromatic carbocycles. The molecule has 150 valence electrons. The molecule has 4 rings (SSSR count). The SMILES string of the molecule is CCS(=O)(=O)c1c(-c2nc3cc(C(F)(F)F)cnc3n2C)nn2c1CCCC2. The molecule has 0 bridgehead atoms. The van der Waals surface area contributed by atoms with Crippen molar-refractivity contribution in [2.45, 2.75) is 43.8 Å². The first-order valence-electron chi connectivity index (χ1n) is 8.86. The second kappa shape index (κ2) is 6.29. The largest absolute Gasteiger partial charge is 0.417 e. The molecule has 28 heavy (non-hydrogen) atoms. The average molecular weight is 413 g/mol. The van der Waals surface area contributed by atoms with Gasteiger partial charge < -0.3 is 4.57 Å². The van der Waals surface area contributed by atoms with Crippen LogP contribution in [0.15, 0.2) is 17.2 Å². The Morgan fingerprint density at radius 2 is 2.00 bits per heavy atom. The number of nitrogens with zero attached hydrogens (tertiary/aromatic N) is 5. The van der Waals surface area contributed by atoms with E-state index in [0.717, 1.165) is 25.1 Å². The minimum atomic E-state index is -4.54. The highest BCUT2D eigenvalue weighted by molar-refractivity contribution is 7.91. The number of aromatic nitrogens is 5. The first-order chi connectivity index (χ1) is 13.1. The third kappa shape index (κ3) is 2.88. The molecule has 0 atom stereocenters. The van der Waals surface area contributed by atoms with Crippen LogP contribution in [0.25, 0.3) is 22.7 Å². The van der Waals surface area contributed by atoms with Gasteiger partial charge in [0, 0.05) is 19.8 Å². The molecule has 0 amide bonds. The summed E-state index contributed by atoms with van der Waals surface area (Å²) in [6.07, 6.45) is -1.46. The van der Waals surface area contributed by atoms with Crippen molar-refractivity contribution < 1.29 is 21.6 Å². The number of imidazole rings is 1. The van der Waals surface area contributed by atoms with Gasteiger partial charge in [0.2, 0.25) is 0 Å². The third-order valence-corrected chi connectivity index (χ3v) is 6.79. The lowest BCUT2D eigenvalue weighted by atomic mass is 10.1. The lowest BCUT2D eigenvalue weighted by molar-refractivity contribution is -0.137. The molecule has 3 aromatic rings. The minimum absolute atomic E-state index is 0.0399. The van der Waals surface area contributed by atoms with E-state index in [1.807, 2.05) is 0 Å². The fraction of sp³-hybridized carbons (Fsp3) is 0.471. The van der Waals surface area contributed by atoms with Crippen molar-refractivity contribution in [3.05, 3.63) is 23.5 Å². The van der Waals surface area contributed by atoms with Gasteiger partial charge in [0.05, 0.1) is 17.0 Å².